The lowest BCUT2D eigenvalue weighted by molar-refractivity contribution is -0.118. The van der Waals surface area contributed by atoms with E-state index in [-0.39, 0.29) is 18.7 Å². The molecule has 1 rings (SSSR count). The Morgan fingerprint density at radius 3 is 2.59 bits per heavy atom. The third kappa shape index (κ3) is 3.17. The molecule has 3 N–H and O–H groups in total. The highest BCUT2D eigenvalue weighted by Crippen LogP contribution is 2.19. The molecular formula is C11H13FN2O3. The van der Waals surface area contributed by atoms with Crippen molar-refractivity contribution in [2.24, 2.45) is 5.73 Å². The smallest absolute Gasteiger partial charge is 0.258 e. The summed E-state index contributed by atoms with van der Waals surface area (Å²) in [5, 5.41) is 9.44. The average Bonchev–Trinajstić information content (AvgIpc) is 2.24. The molecule has 0 saturated heterocycles. The van der Waals surface area contributed by atoms with Gasteiger partial charge < -0.3 is 15.7 Å². The number of carbonyl (C=O) groups excluding carboxylic acids is 2. The van der Waals surface area contributed by atoms with Crippen LogP contribution in [0.3, 0.4) is 0 Å². The maximum atomic E-state index is 12.7. The highest BCUT2D eigenvalue weighted by atomic mass is 19.1. The van der Waals surface area contributed by atoms with Crippen LogP contribution in [0.1, 0.15) is 17.3 Å². The number of phenolic OH excluding ortho intramolecular Hbond substituents is 1. The number of rotatable bonds is 4. The molecule has 0 atom stereocenters. The molecule has 0 fully saturated rings. The lowest BCUT2D eigenvalue weighted by Gasteiger charge is -2.19. The minimum Gasteiger partial charge on any atom is -0.507 e. The molecule has 92 valence electrons. The van der Waals surface area contributed by atoms with Gasteiger partial charge >= 0.3 is 0 Å². The minimum atomic E-state index is -0.651. The predicted octanol–water partition coefficient (Wildman–Crippen LogP) is 0.479. The highest BCUT2D eigenvalue weighted by molar-refractivity contribution is 5.98. The Balaban J connectivity index is 2.97. The molecule has 17 heavy (non-hydrogen) atoms. The molecule has 6 heteroatoms. The SMILES string of the molecule is CCN(CC(N)=O)C(=O)c1ccc(F)cc1O. The van der Waals surface area contributed by atoms with Gasteiger partial charge in [0.05, 0.1) is 12.1 Å². The van der Waals surface area contributed by atoms with E-state index in [2.05, 4.69) is 0 Å². The largest absolute Gasteiger partial charge is 0.507 e. The number of hydrogen-bond acceptors (Lipinski definition) is 3. The van der Waals surface area contributed by atoms with Gasteiger partial charge in [0, 0.05) is 12.6 Å². The molecule has 2 amide bonds. The van der Waals surface area contributed by atoms with E-state index in [1.165, 1.54) is 0 Å². The van der Waals surface area contributed by atoms with Crippen molar-refractivity contribution < 1.29 is 19.1 Å². The Morgan fingerprint density at radius 1 is 1.47 bits per heavy atom. The summed E-state index contributed by atoms with van der Waals surface area (Å²) in [5.41, 5.74) is 4.93. The maximum absolute atomic E-state index is 12.7. The highest BCUT2D eigenvalue weighted by Gasteiger charge is 2.19. The van der Waals surface area contributed by atoms with Gasteiger partial charge in [-0.1, -0.05) is 0 Å². The molecule has 0 aliphatic rings. The van der Waals surface area contributed by atoms with E-state index in [0.29, 0.717) is 0 Å². The lowest BCUT2D eigenvalue weighted by atomic mass is 10.1. The van der Waals surface area contributed by atoms with Crippen LogP contribution in [-0.2, 0) is 4.79 Å². The van der Waals surface area contributed by atoms with Crippen molar-refractivity contribution >= 4 is 11.8 Å². The van der Waals surface area contributed by atoms with Gasteiger partial charge in [0.25, 0.3) is 5.91 Å². The second kappa shape index (κ2) is 5.29. The minimum absolute atomic E-state index is 0.0606. The second-order valence-corrected chi connectivity index (χ2v) is 3.45. The molecule has 0 heterocycles. The second-order valence-electron chi connectivity index (χ2n) is 3.45. The monoisotopic (exact) mass is 240 g/mol. The van der Waals surface area contributed by atoms with Crippen molar-refractivity contribution in [3.63, 3.8) is 0 Å². The summed E-state index contributed by atoms with van der Waals surface area (Å²) in [6.45, 7) is 1.69. The van der Waals surface area contributed by atoms with Gasteiger partial charge in [0.1, 0.15) is 11.6 Å². The summed E-state index contributed by atoms with van der Waals surface area (Å²) in [4.78, 5) is 23.8. The van der Waals surface area contributed by atoms with E-state index in [9.17, 15) is 19.1 Å². The molecule has 5 nitrogen and oxygen atoms in total. The quantitative estimate of drug-likeness (QED) is 0.802. The first-order valence-corrected chi connectivity index (χ1v) is 5.01. The van der Waals surface area contributed by atoms with E-state index in [4.69, 9.17) is 5.73 Å². The van der Waals surface area contributed by atoms with Gasteiger partial charge in [-0.05, 0) is 19.1 Å². The van der Waals surface area contributed by atoms with Crippen LogP contribution in [-0.4, -0.2) is 34.9 Å². The maximum Gasteiger partial charge on any atom is 0.258 e. The molecule has 0 aromatic heterocycles. The van der Waals surface area contributed by atoms with E-state index in [0.717, 1.165) is 23.1 Å². The molecule has 0 aliphatic heterocycles. The molecule has 0 radical (unpaired) electrons. The third-order valence-electron chi connectivity index (χ3n) is 2.21. The molecule has 0 bridgehead atoms. The summed E-state index contributed by atoms with van der Waals surface area (Å²) in [6.07, 6.45) is 0. The van der Waals surface area contributed by atoms with Crippen LogP contribution in [0.4, 0.5) is 4.39 Å². The molecule has 1 aromatic carbocycles. The van der Waals surface area contributed by atoms with Crippen LogP contribution in [0.25, 0.3) is 0 Å². The normalized spacial score (nSPS) is 10.0. The molecule has 0 saturated carbocycles. The number of aromatic hydroxyl groups is 1. The van der Waals surface area contributed by atoms with E-state index in [1.54, 1.807) is 6.92 Å². The van der Waals surface area contributed by atoms with Gasteiger partial charge in [-0.15, -0.1) is 0 Å². The van der Waals surface area contributed by atoms with Crippen molar-refractivity contribution in [1.82, 2.24) is 4.90 Å². The van der Waals surface area contributed by atoms with Crippen molar-refractivity contribution in [3.8, 4) is 5.75 Å². The average molecular weight is 240 g/mol. The van der Waals surface area contributed by atoms with Gasteiger partial charge in [-0.2, -0.15) is 0 Å². The number of amides is 2. The van der Waals surface area contributed by atoms with Crippen molar-refractivity contribution in [2.75, 3.05) is 13.1 Å². The summed E-state index contributed by atoms with van der Waals surface area (Å²) < 4.78 is 12.7. The first-order chi connectivity index (χ1) is 7.95. The van der Waals surface area contributed by atoms with Gasteiger partial charge in [-0.3, -0.25) is 9.59 Å². The zero-order chi connectivity index (χ0) is 13.0. The summed E-state index contributed by atoms with van der Waals surface area (Å²) in [6, 6.07) is 3.06. The number of phenols is 1. The number of primary amides is 1. The molecular weight excluding hydrogens is 227 g/mol. The predicted molar refractivity (Wildman–Crippen MR) is 58.8 cm³/mol. The standard InChI is InChI=1S/C11H13FN2O3/c1-2-14(6-10(13)16)11(17)8-4-3-7(12)5-9(8)15/h3-5,15H,2,6H2,1H3,(H2,13,16). The Morgan fingerprint density at radius 2 is 2.12 bits per heavy atom. The fourth-order valence-corrected chi connectivity index (χ4v) is 1.37. The molecule has 0 unspecified atom stereocenters. The topological polar surface area (TPSA) is 83.6 Å². The Kier molecular flexibility index (Phi) is 4.03. The van der Waals surface area contributed by atoms with Gasteiger partial charge in [0.15, 0.2) is 0 Å². The Bertz CT molecular complexity index is 448. The van der Waals surface area contributed by atoms with Crippen LogP contribution in [0.2, 0.25) is 0 Å². The van der Waals surface area contributed by atoms with Crippen molar-refractivity contribution in [1.29, 1.82) is 0 Å². The fraction of sp³-hybridized carbons (Fsp3) is 0.273. The number of nitrogens with two attached hydrogens (primary N) is 1. The zero-order valence-corrected chi connectivity index (χ0v) is 9.31. The van der Waals surface area contributed by atoms with Gasteiger partial charge in [0.2, 0.25) is 5.91 Å². The first-order valence-electron chi connectivity index (χ1n) is 5.01. The Hall–Kier alpha value is -2.11. The summed E-state index contributed by atoms with van der Waals surface area (Å²) in [5.74, 6) is -2.32. The number of likely N-dealkylation sites (N-methyl/N-ethyl adjacent to an activating group) is 1. The number of nitrogens with zero attached hydrogens (tertiary/aromatic N) is 1. The van der Waals surface area contributed by atoms with Crippen LogP contribution in [0.5, 0.6) is 5.75 Å². The number of benzene rings is 1. The number of hydrogen-bond donors (Lipinski definition) is 2. The number of carbonyl (C=O) groups is 2. The van der Waals surface area contributed by atoms with Crippen LogP contribution >= 0.6 is 0 Å². The van der Waals surface area contributed by atoms with Crippen molar-refractivity contribution in [2.45, 2.75) is 6.92 Å². The van der Waals surface area contributed by atoms with E-state index >= 15 is 0 Å². The zero-order valence-electron chi connectivity index (χ0n) is 9.31. The third-order valence-corrected chi connectivity index (χ3v) is 2.21. The van der Waals surface area contributed by atoms with Crippen LogP contribution in [0, 0.1) is 5.82 Å². The number of halogens is 1. The fourth-order valence-electron chi connectivity index (χ4n) is 1.37. The molecule has 0 spiro atoms. The van der Waals surface area contributed by atoms with Crippen molar-refractivity contribution in [3.05, 3.63) is 29.6 Å². The molecule has 0 aliphatic carbocycles. The molecule has 1 aromatic rings. The van der Waals surface area contributed by atoms with Crippen LogP contribution < -0.4 is 5.73 Å². The van der Waals surface area contributed by atoms with E-state index < -0.39 is 23.4 Å². The first kappa shape index (κ1) is 13.0. The van der Waals surface area contributed by atoms with Crippen LogP contribution in [0.15, 0.2) is 18.2 Å². The summed E-state index contributed by atoms with van der Waals surface area (Å²) >= 11 is 0. The Labute approximate surface area is 97.6 Å². The van der Waals surface area contributed by atoms with E-state index in [1.807, 2.05) is 0 Å². The van der Waals surface area contributed by atoms with Gasteiger partial charge in [-0.25, -0.2) is 4.39 Å². The summed E-state index contributed by atoms with van der Waals surface area (Å²) in [7, 11) is 0. The lowest BCUT2D eigenvalue weighted by Crippen LogP contribution is -2.38.